The van der Waals surface area contributed by atoms with Crippen molar-refractivity contribution in [2.75, 3.05) is 20.1 Å². The molecular weight excluding hydrogens is 303 g/mol. The van der Waals surface area contributed by atoms with Gasteiger partial charge >= 0.3 is 0 Å². The number of piperidine rings is 1. The molecule has 1 aliphatic rings. The minimum atomic E-state index is -3.61. The smallest absolute Gasteiger partial charge is 0.243 e. The van der Waals surface area contributed by atoms with Gasteiger partial charge in [0.15, 0.2) is 0 Å². The SMILES string of the molecule is Cc1ccc(S(=O)(=O)N(C)C2CCNCC2)cc1F.Cl. The van der Waals surface area contributed by atoms with Gasteiger partial charge in [-0.25, -0.2) is 12.8 Å². The first-order chi connectivity index (χ1) is 8.93. The second kappa shape index (κ2) is 6.85. The van der Waals surface area contributed by atoms with Crippen molar-refractivity contribution >= 4 is 22.4 Å². The molecule has 0 spiro atoms. The molecule has 1 heterocycles. The van der Waals surface area contributed by atoms with Gasteiger partial charge < -0.3 is 5.32 Å². The van der Waals surface area contributed by atoms with E-state index in [2.05, 4.69) is 5.32 Å². The molecule has 20 heavy (non-hydrogen) atoms. The second-order valence-corrected chi connectivity index (χ2v) is 6.91. The third-order valence-corrected chi connectivity index (χ3v) is 5.55. The number of rotatable bonds is 3. The first-order valence-electron chi connectivity index (χ1n) is 6.38. The Morgan fingerprint density at radius 1 is 1.30 bits per heavy atom. The van der Waals surface area contributed by atoms with Crippen LogP contribution in [0.2, 0.25) is 0 Å². The van der Waals surface area contributed by atoms with Crippen LogP contribution in [0.5, 0.6) is 0 Å². The Hall–Kier alpha value is -0.690. The molecule has 1 aromatic carbocycles. The Balaban J connectivity index is 0.00000200. The maximum absolute atomic E-state index is 13.5. The van der Waals surface area contributed by atoms with Crippen LogP contribution in [-0.2, 0) is 10.0 Å². The molecule has 114 valence electrons. The highest BCUT2D eigenvalue weighted by atomic mass is 35.5. The van der Waals surface area contributed by atoms with Gasteiger partial charge in [-0.2, -0.15) is 4.31 Å². The first kappa shape index (κ1) is 17.4. The van der Waals surface area contributed by atoms with E-state index in [1.165, 1.54) is 16.4 Å². The van der Waals surface area contributed by atoms with Gasteiger partial charge in [-0.1, -0.05) is 6.07 Å². The summed E-state index contributed by atoms with van der Waals surface area (Å²) < 4.78 is 39.8. The van der Waals surface area contributed by atoms with Crippen molar-refractivity contribution in [3.63, 3.8) is 0 Å². The quantitative estimate of drug-likeness (QED) is 0.925. The average molecular weight is 323 g/mol. The predicted molar refractivity (Wildman–Crippen MR) is 79.2 cm³/mol. The van der Waals surface area contributed by atoms with Crippen LogP contribution in [-0.4, -0.2) is 38.9 Å². The number of hydrogen-bond donors (Lipinski definition) is 1. The lowest BCUT2D eigenvalue weighted by molar-refractivity contribution is 0.296. The maximum atomic E-state index is 13.5. The molecule has 0 unspecified atom stereocenters. The van der Waals surface area contributed by atoms with Gasteiger partial charge in [0.05, 0.1) is 4.90 Å². The summed E-state index contributed by atoms with van der Waals surface area (Å²) in [5.41, 5.74) is 0.448. The fraction of sp³-hybridized carbons (Fsp3) is 0.538. The van der Waals surface area contributed by atoms with E-state index in [9.17, 15) is 12.8 Å². The van der Waals surface area contributed by atoms with Crippen LogP contribution in [0.25, 0.3) is 0 Å². The zero-order chi connectivity index (χ0) is 14.0. The monoisotopic (exact) mass is 322 g/mol. The number of sulfonamides is 1. The molecule has 1 N–H and O–H groups in total. The van der Waals surface area contributed by atoms with Crippen LogP contribution in [0.4, 0.5) is 4.39 Å². The van der Waals surface area contributed by atoms with Gasteiger partial charge in [-0.05, 0) is 50.6 Å². The third-order valence-electron chi connectivity index (χ3n) is 3.64. The van der Waals surface area contributed by atoms with Crippen molar-refractivity contribution in [3.05, 3.63) is 29.6 Å². The lowest BCUT2D eigenvalue weighted by Crippen LogP contribution is -2.43. The summed E-state index contributed by atoms with van der Waals surface area (Å²) >= 11 is 0. The van der Waals surface area contributed by atoms with Gasteiger partial charge in [0, 0.05) is 13.1 Å². The standard InChI is InChI=1S/C13H19FN2O2S.ClH/c1-10-3-4-12(9-13(10)14)19(17,18)16(2)11-5-7-15-8-6-11;/h3-4,9,11,15H,5-8H2,1-2H3;1H. The first-order valence-corrected chi connectivity index (χ1v) is 7.82. The molecule has 0 aromatic heterocycles. The lowest BCUT2D eigenvalue weighted by atomic mass is 10.1. The van der Waals surface area contributed by atoms with E-state index in [1.807, 2.05) is 0 Å². The van der Waals surface area contributed by atoms with Crippen molar-refractivity contribution in [1.29, 1.82) is 0 Å². The van der Waals surface area contributed by atoms with E-state index in [4.69, 9.17) is 0 Å². The van der Waals surface area contributed by atoms with Crippen LogP contribution in [0.1, 0.15) is 18.4 Å². The van der Waals surface area contributed by atoms with Crippen molar-refractivity contribution in [2.24, 2.45) is 0 Å². The number of hydrogen-bond acceptors (Lipinski definition) is 3. The molecule has 1 aromatic rings. The van der Waals surface area contributed by atoms with E-state index in [1.54, 1.807) is 14.0 Å². The van der Waals surface area contributed by atoms with Gasteiger partial charge in [-0.15, -0.1) is 12.4 Å². The van der Waals surface area contributed by atoms with Crippen LogP contribution < -0.4 is 5.32 Å². The fourth-order valence-electron chi connectivity index (χ4n) is 2.27. The zero-order valence-electron chi connectivity index (χ0n) is 11.6. The van der Waals surface area contributed by atoms with E-state index in [-0.39, 0.29) is 23.3 Å². The van der Waals surface area contributed by atoms with Crippen LogP contribution in [0.15, 0.2) is 23.1 Å². The van der Waals surface area contributed by atoms with Crippen LogP contribution >= 0.6 is 12.4 Å². The van der Waals surface area contributed by atoms with Crippen LogP contribution in [0, 0.1) is 12.7 Å². The topological polar surface area (TPSA) is 49.4 Å². The molecule has 1 aliphatic heterocycles. The molecule has 0 bridgehead atoms. The Morgan fingerprint density at radius 2 is 1.90 bits per heavy atom. The second-order valence-electron chi connectivity index (χ2n) is 4.91. The van der Waals surface area contributed by atoms with Crippen molar-refractivity contribution in [3.8, 4) is 0 Å². The highest BCUT2D eigenvalue weighted by molar-refractivity contribution is 7.89. The molecule has 2 rings (SSSR count). The molecule has 1 saturated heterocycles. The van der Waals surface area contributed by atoms with Crippen molar-refractivity contribution in [2.45, 2.75) is 30.7 Å². The summed E-state index contributed by atoms with van der Waals surface area (Å²) in [6.45, 7) is 3.24. The molecule has 7 heteroatoms. The molecule has 0 amide bonds. The summed E-state index contributed by atoms with van der Waals surface area (Å²) in [7, 11) is -2.04. The summed E-state index contributed by atoms with van der Waals surface area (Å²) in [6, 6.07) is 4.04. The molecule has 4 nitrogen and oxygen atoms in total. The molecular formula is C13H20ClFN2O2S. The summed E-state index contributed by atoms with van der Waals surface area (Å²) in [4.78, 5) is 0.0247. The molecule has 0 aliphatic carbocycles. The summed E-state index contributed by atoms with van der Waals surface area (Å²) in [6.07, 6.45) is 1.56. The minimum Gasteiger partial charge on any atom is -0.317 e. The average Bonchev–Trinajstić information content (AvgIpc) is 2.41. The number of aryl methyl sites for hydroxylation is 1. The Bertz CT molecular complexity index is 559. The van der Waals surface area contributed by atoms with Crippen molar-refractivity contribution in [1.82, 2.24) is 9.62 Å². The predicted octanol–water partition coefficient (Wildman–Crippen LogP) is 1.93. The highest BCUT2D eigenvalue weighted by Gasteiger charge is 2.29. The van der Waals surface area contributed by atoms with E-state index >= 15 is 0 Å². The van der Waals surface area contributed by atoms with E-state index in [0.717, 1.165) is 32.0 Å². The number of nitrogens with one attached hydrogen (secondary N) is 1. The lowest BCUT2D eigenvalue weighted by Gasteiger charge is -2.30. The number of nitrogens with zero attached hydrogens (tertiary/aromatic N) is 1. The zero-order valence-corrected chi connectivity index (χ0v) is 13.2. The maximum Gasteiger partial charge on any atom is 0.243 e. The van der Waals surface area contributed by atoms with E-state index < -0.39 is 15.8 Å². The normalized spacial score (nSPS) is 17.0. The van der Waals surface area contributed by atoms with Crippen LogP contribution in [0.3, 0.4) is 0 Å². The Morgan fingerprint density at radius 3 is 2.45 bits per heavy atom. The number of benzene rings is 1. The van der Waals surface area contributed by atoms with Gasteiger partial charge in [0.25, 0.3) is 0 Å². The molecule has 0 atom stereocenters. The minimum absolute atomic E-state index is 0. The number of halogens is 2. The molecule has 0 radical (unpaired) electrons. The van der Waals surface area contributed by atoms with Gasteiger partial charge in [0.1, 0.15) is 5.82 Å². The fourth-order valence-corrected chi connectivity index (χ4v) is 3.70. The Kier molecular flexibility index (Phi) is 5.94. The Labute approximate surface area is 125 Å². The summed E-state index contributed by atoms with van der Waals surface area (Å²) in [5, 5.41) is 3.20. The van der Waals surface area contributed by atoms with E-state index in [0.29, 0.717) is 5.56 Å². The van der Waals surface area contributed by atoms with Gasteiger partial charge in [-0.3, -0.25) is 0 Å². The molecule has 0 saturated carbocycles. The third kappa shape index (κ3) is 3.49. The molecule has 1 fully saturated rings. The van der Waals surface area contributed by atoms with Gasteiger partial charge in [0.2, 0.25) is 10.0 Å². The van der Waals surface area contributed by atoms with Crippen molar-refractivity contribution < 1.29 is 12.8 Å². The largest absolute Gasteiger partial charge is 0.317 e. The highest BCUT2D eigenvalue weighted by Crippen LogP contribution is 2.22. The summed E-state index contributed by atoms with van der Waals surface area (Å²) in [5.74, 6) is -0.486.